The summed E-state index contributed by atoms with van der Waals surface area (Å²) in [4.78, 5) is 0.930. The first kappa shape index (κ1) is 14.7. The predicted octanol–water partition coefficient (Wildman–Crippen LogP) is 4.15. The fourth-order valence-corrected chi connectivity index (χ4v) is 3.43. The Morgan fingerprint density at radius 1 is 1.21 bits per heavy atom. The topological polar surface area (TPSA) is 46.0 Å². The van der Waals surface area contributed by atoms with Crippen LogP contribution in [0.1, 0.15) is 76.0 Å². The number of aliphatic hydroxyl groups excluding tert-OH is 1. The largest absolute Gasteiger partial charge is 0.383 e. The number of hydrogen-bond acceptors (Lipinski definition) is 4. The minimum Gasteiger partial charge on any atom is -0.383 e. The molecule has 1 N–H and O–H groups in total. The van der Waals surface area contributed by atoms with Gasteiger partial charge in [0.25, 0.3) is 0 Å². The van der Waals surface area contributed by atoms with Crippen LogP contribution in [-0.2, 0) is 5.41 Å². The zero-order valence-electron chi connectivity index (χ0n) is 12.1. The van der Waals surface area contributed by atoms with Gasteiger partial charge in [-0.1, -0.05) is 44.2 Å². The molecule has 0 aliphatic heterocycles. The molecule has 0 spiro atoms. The summed E-state index contributed by atoms with van der Waals surface area (Å²) in [6.07, 6.45) is 8.82. The van der Waals surface area contributed by atoms with E-state index in [1.54, 1.807) is 0 Å². The molecule has 1 aliphatic rings. The van der Waals surface area contributed by atoms with Crippen molar-refractivity contribution in [2.45, 2.75) is 70.8 Å². The van der Waals surface area contributed by atoms with Crippen molar-refractivity contribution >= 4 is 11.5 Å². The smallest absolute Gasteiger partial charge is 0.113 e. The Morgan fingerprint density at radius 2 is 1.95 bits per heavy atom. The predicted molar refractivity (Wildman–Crippen MR) is 79.4 cm³/mol. The molecule has 106 valence electrons. The van der Waals surface area contributed by atoms with Gasteiger partial charge >= 0.3 is 0 Å². The van der Waals surface area contributed by atoms with Crippen molar-refractivity contribution in [3.8, 4) is 0 Å². The van der Waals surface area contributed by atoms with Gasteiger partial charge in [-0.05, 0) is 42.8 Å². The summed E-state index contributed by atoms with van der Waals surface area (Å²) >= 11 is 1.34. The third-order valence-electron chi connectivity index (χ3n) is 3.65. The SMILES string of the molecule is CC(C)(C)c1nnsc1C(O)C1=CCCCCCC1. The van der Waals surface area contributed by atoms with Crippen LogP contribution in [0.25, 0.3) is 0 Å². The molecule has 1 aliphatic carbocycles. The summed E-state index contributed by atoms with van der Waals surface area (Å²) in [6, 6.07) is 0. The zero-order chi connectivity index (χ0) is 13.9. The molecule has 3 nitrogen and oxygen atoms in total. The van der Waals surface area contributed by atoms with Crippen LogP contribution >= 0.6 is 11.5 Å². The van der Waals surface area contributed by atoms with E-state index in [0.717, 1.165) is 29.0 Å². The lowest BCUT2D eigenvalue weighted by Crippen LogP contribution is -2.16. The van der Waals surface area contributed by atoms with Crippen molar-refractivity contribution < 1.29 is 5.11 Å². The summed E-state index contributed by atoms with van der Waals surface area (Å²) < 4.78 is 4.05. The number of rotatable bonds is 2. The molecule has 0 aromatic carbocycles. The van der Waals surface area contributed by atoms with E-state index >= 15 is 0 Å². The minimum atomic E-state index is -0.507. The van der Waals surface area contributed by atoms with E-state index in [9.17, 15) is 5.11 Å². The lowest BCUT2D eigenvalue weighted by atomic mass is 9.88. The first-order valence-electron chi connectivity index (χ1n) is 7.20. The molecule has 1 aromatic rings. The second kappa shape index (κ2) is 6.14. The quantitative estimate of drug-likeness (QED) is 0.828. The summed E-state index contributed by atoms with van der Waals surface area (Å²) in [5, 5.41) is 14.9. The van der Waals surface area contributed by atoms with Gasteiger partial charge in [0.05, 0.1) is 10.6 Å². The molecular weight excluding hydrogens is 256 g/mol. The van der Waals surface area contributed by atoms with Crippen molar-refractivity contribution in [3.05, 3.63) is 22.2 Å². The van der Waals surface area contributed by atoms with Crippen LogP contribution in [0.15, 0.2) is 11.6 Å². The van der Waals surface area contributed by atoms with E-state index in [0.29, 0.717) is 0 Å². The molecule has 4 heteroatoms. The molecule has 1 atom stereocenters. The van der Waals surface area contributed by atoms with E-state index in [2.05, 4.69) is 36.4 Å². The van der Waals surface area contributed by atoms with Gasteiger partial charge in [0.2, 0.25) is 0 Å². The first-order valence-corrected chi connectivity index (χ1v) is 7.97. The molecule has 0 fully saturated rings. The fourth-order valence-electron chi connectivity index (χ4n) is 2.53. The second-order valence-corrected chi connectivity index (χ2v) is 7.16. The van der Waals surface area contributed by atoms with Crippen LogP contribution in [0.5, 0.6) is 0 Å². The Bertz CT molecular complexity index is 445. The standard InChI is InChI=1S/C15H24N2OS/c1-15(2,3)14-13(19-17-16-14)12(18)11-9-7-5-4-6-8-10-11/h9,12,18H,4-8,10H2,1-3H3. The first-order chi connectivity index (χ1) is 9.00. The van der Waals surface area contributed by atoms with Gasteiger partial charge in [-0.15, -0.1) is 5.10 Å². The highest BCUT2D eigenvalue weighted by atomic mass is 32.1. The Balaban J connectivity index is 2.23. The Morgan fingerprint density at radius 3 is 2.68 bits per heavy atom. The molecule has 0 radical (unpaired) electrons. The van der Waals surface area contributed by atoms with E-state index in [-0.39, 0.29) is 5.41 Å². The van der Waals surface area contributed by atoms with Crippen molar-refractivity contribution in [2.75, 3.05) is 0 Å². The van der Waals surface area contributed by atoms with Gasteiger partial charge in [0, 0.05) is 5.41 Å². The van der Waals surface area contributed by atoms with Crippen molar-refractivity contribution in [1.29, 1.82) is 0 Å². The average Bonchev–Trinajstić information content (AvgIpc) is 2.76. The summed E-state index contributed by atoms with van der Waals surface area (Å²) in [5.41, 5.74) is 2.04. The Hall–Kier alpha value is -0.740. The molecule has 1 heterocycles. The molecule has 0 saturated carbocycles. The van der Waals surface area contributed by atoms with E-state index in [1.165, 1.54) is 37.2 Å². The number of aliphatic hydroxyl groups is 1. The highest BCUT2D eigenvalue weighted by Crippen LogP contribution is 2.36. The van der Waals surface area contributed by atoms with Crippen LogP contribution in [0.2, 0.25) is 0 Å². The van der Waals surface area contributed by atoms with E-state index in [4.69, 9.17) is 0 Å². The highest BCUT2D eigenvalue weighted by molar-refractivity contribution is 7.05. The normalized spacial score (nSPS) is 19.5. The molecule has 2 rings (SSSR count). The molecule has 19 heavy (non-hydrogen) atoms. The number of aromatic nitrogens is 2. The van der Waals surface area contributed by atoms with Crippen molar-refractivity contribution in [1.82, 2.24) is 9.59 Å². The van der Waals surface area contributed by atoms with Gasteiger partial charge in [-0.25, -0.2) is 0 Å². The Labute approximate surface area is 119 Å². The molecule has 0 bridgehead atoms. The molecule has 0 saturated heterocycles. The number of hydrogen-bond donors (Lipinski definition) is 1. The van der Waals surface area contributed by atoms with Gasteiger partial charge in [-0.3, -0.25) is 0 Å². The van der Waals surface area contributed by atoms with Crippen LogP contribution in [0, 0.1) is 0 Å². The minimum absolute atomic E-state index is 0.0640. The van der Waals surface area contributed by atoms with E-state index in [1.807, 2.05) is 0 Å². The Kier molecular flexibility index (Phi) is 4.74. The summed E-state index contributed by atoms with van der Waals surface area (Å²) in [7, 11) is 0. The van der Waals surface area contributed by atoms with Crippen molar-refractivity contribution in [3.63, 3.8) is 0 Å². The van der Waals surface area contributed by atoms with Gasteiger partial charge in [0.15, 0.2) is 0 Å². The molecular formula is C15H24N2OS. The molecule has 1 unspecified atom stereocenters. The number of nitrogens with zero attached hydrogens (tertiary/aromatic N) is 2. The monoisotopic (exact) mass is 280 g/mol. The maximum atomic E-state index is 10.7. The third-order valence-corrected chi connectivity index (χ3v) is 4.43. The maximum absolute atomic E-state index is 10.7. The van der Waals surface area contributed by atoms with E-state index < -0.39 is 6.10 Å². The van der Waals surface area contributed by atoms with Crippen molar-refractivity contribution in [2.24, 2.45) is 0 Å². The molecule has 0 amide bonds. The maximum Gasteiger partial charge on any atom is 0.113 e. The number of allylic oxidation sites excluding steroid dienone is 1. The zero-order valence-corrected chi connectivity index (χ0v) is 13.0. The molecule has 1 aromatic heterocycles. The van der Waals surface area contributed by atoms with Gasteiger partial charge < -0.3 is 5.11 Å². The highest BCUT2D eigenvalue weighted by Gasteiger charge is 2.27. The second-order valence-electron chi connectivity index (χ2n) is 6.37. The van der Waals surface area contributed by atoms with Gasteiger partial charge in [0.1, 0.15) is 6.10 Å². The van der Waals surface area contributed by atoms with Gasteiger partial charge in [-0.2, -0.15) is 0 Å². The fraction of sp³-hybridized carbons (Fsp3) is 0.733. The average molecular weight is 280 g/mol. The lowest BCUT2D eigenvalue weighted by Gasteiger charge is -2.21. The van der Waals surface area contributed by atoms with Crippen LogP contribution in [0.4, 0.5) is 0 Å². The van der Waals surface area contributed by atoms with Crippen LogP contribution in [-0.4, -0.2) is 14.7 Å². The summed E-state index contributed by atoms with van der Waals surface area (Å²) in [5.74, 6) is 0. The summed E-state index contributed by atoms with van der Waals surface area (Å²) in [6.45, 7) is 6.35. The lowest BCUT2D eigenvalue weighted by molar-refractivity contribution is 0.210. The van der Waals surface area contributed by atoms with Crippen LogP contribution < -0.4 is 0 Å². The third kappa shape index (κ3) is 3.63. The van der Waals surface area contributed by atoms with Crippen LogP contribution in [0.3, 0.4) is 0 Å².